The lowest BCUT2D eigenvalue weighted by molar-refractivity contribution is -0.150. The SMILES string of the molecule is CC1(C(=O)O)CCCCN1C(=O)Nc1ccc(Cl)c(Cl)c1. The van der Waals surface area contributed by atoms with Crippen molar-refractivity contribution in [3.05, 3.63) is 28.2 Å². The summed E-state index contributed by atoms with van der Waals surface area (Å²) < 4.78 is 0. The second kappa shape index (κ2) is 6.12. The predicted octanol–water partition coefficient (Wildman–Crippen LogP) is 3.85. The molecule has 1 aromatic rings. The molecule has 114 valence electrons. The van der Waals surface area contributed by atoms with Crippen LogP contribution < -0.4 is 5.32 Å². The lowest BCUT2D eigenvalue weighted by atomic mass is 9.89. The molecular formula is C14H16Cl2N2O3. The van der Waals surface area contributed by atoms with Crippen LogP contribution in [-0.2, 0) is 4.79 Å². The zero-order valence-electron chi connectivity index (χ0n) is 11.5. The molecule has 1 aliphatic heterocycles. The summed E-state index contributed by atoms with van der Waals surface area (Å²) >= 11 is 11.7. The average molecular weight is 331 g/mol. The summed E-state index contributed by atoms with van der Waals surface area (Å²) in [6.07, 6.45) is 2.02. The molecule has 1 aliphatic rings. The third kappa shape index (κ3) is 3.24. The van der Waals surface area contributed by atoms with Crippen LogP contribution in [0, 0.1) is 0 Å². The number of carboxylic acids is 1. The number of carbonyl (C=O) groups excluding carboxylic acids is 1. The minimum atomic E-state index is -1.18. The van der Waals surface area contributed by atoms with Crippen LogP contribution in [0.2, 0.25) is 10.0 Å². The van der Waals surface area contributed by atoms with Crippen molar-refractivity contribution in [2.45, 2.75) is 31.7 Å². The van der Waals surface area contributed by atoms with Crippen LogP contribution in [0.1, 0.15) is 26.2 Å². The molecule has 1 unspecified atom stereocenters. The van der Waals surface area contributed by atoms with E-state index in [-0.39, 0.29) is 0 Å². The molecule has 0 aliphatic carbocycles. The van der Waals surface area contributed by atoms with Crippen LogP contribution in [0.25, 0.3) is 0 Å². The number of piperidine rings is 1. The number of nitrogens with zero attached hydrogens (tertiary/aromatic N) is 1. The van der Waals surface area contributed by atoms with Gasteiger partial charge in [-0.1, -0.05) is 23.2 Å². The van der Waals surface area contributed by atoms with Crippen LogP contribution in [-0.4, -0.2) is 34.1 Å². The number of carbonyl (C=O) groups is 2. The molecule has 2 N–H and O–H groups in total. The van der Waals surface area contributed by atoms with E-state index in [0.29, 0.717) is 28.7 Å². The van der Waals surface area contributed by atoms with Gasteiger partial charge in [-0.15, -0.1) is 0 Å². The fourth-order valence-corrected chi connectivity index (χ4v) is 2.73. The molecule has 2 rings (SSSR count). The van der Waals surface area contributed by atoms with E-state index >= 15 is 0 Å². The van der Waals surface area contributed by atoms with Crippen molar-refractivity contribution < 1.29 is 14.7 Å². The Bertz CT molecular complexity index is 579. The second-order valence-electron chi connectivity index (χ2n) is 5.25. The number of urea groups is 1. The topological polar surface area (TPSA) is 69.6 Å². The molecule has 1 saturated heterocycles. The zero-order chi connectivity index (χ0) is 15.6. The van der Waals surface area contributed by atoms with Crippen molar-refractivity contribution in [2.75, 3.05) is 11.9 Å². The summed E-state index contributed by atoms with van der Waals surface area (Å²) in [5, 5.41) is 12.8. The van der Waals surface area contributed by atoms with Gasteiger partial charge in [0.15, 0.2) is 0 Å². The number of anilines is 1. The first-order chi connectivity index (χ1) is 9.84. The van der Waals surface area contributed by atoms with E-state index in [1.165, 1.54) is 11.0 Å². The smallest absolute Gasteiger partial charge is 0.329 e. The van der Waals surface area contributed by atoms with E-state index in [2.05, 4.69) is 5.32 Å². The molecule has 0 saturated carbocycles. The van der Waals surface area contributed by atoms with E-state index in [9.17, 15) is 14.7 Å². The summed E-state index contributed by atoms with van der Waals surface area (Å²) in [7, 11) is 0. The highest BCUT2D eigenvalue weighted by Gasteiger charge is 2.44. The Hall–Kier alpha value is -1.46. The summed E-state index contributed by atoms with van der Waals surface area (Å²) in [6, 6.07) is 4.28. The number of aliphatic carboxylic acids is 1. The van der Waals surface area contributed by atoms with Gasteiger partial charge in [-0.05, 0) is 44.4 Å². The number of hydrogen-bond donors (Lipinski definition) is 2. The van der Waals surface area contributed by atoms with Crippen LogP contribution in [0.3, 0.4) is 0 Å². The maximum absolute atomic E-state index is 12.4. The first-order valence-corrected chi connectivity index (χ1v) is 7.37. The van der Waals surface area contributed by atoms with E-state index in [1.54, 1.807) is 19.1 Å². The second-order valence-corrected chi connectivity index (χ2v) is 6.06. The van der Waals surface area contributed by atoms with Crippen molar-refractivity contribution in [1.82, 2.24) is 4.90 Å². The first-order valence-electron chi connectivity index (χ1n) is 6.61. The molecule has 1 aromatic carbocycles. The number of hydrogen-bond acceptors (Lipinski definition) is 2. The molecule has 2 amide bonds. The van der Waals surface area contributed by atoms with E-state index in [0.717, 1.165) is 12.8 Å². The molecule has 5 nitrogen and oxygen atoms in total. The number of amides is 2. The largest absolute Gasteiger partial charge is 0.480 e. The lowest BCUT2D eigenvalue weighted by Crippen LogP contribution is -2.58. The van der Waals surface area contributed by atoms with Crippen LogP contribution >= 0.6 is 23.2 Å². The molecule has 1 heterocycles. The maximum atomic E-state index is 12.4. The number of halogens is 2. The highest BCUT2D eigenvalue weighted by molar-refractivity contribution is 6.42. The third-order valence-corrected chi connectivity index (χ3v) is 4.51. The molecule has 0 spiro atoms. The van der Waals surface area contributed by atoms with E-state index in [4.69, 9.17) is 23.2 Å². The first kappa shape index (κ1) is 15.9. The fourth-order valence-electron chi connectivity index (χ4n) is 2.43. The van der Waals surface area contributed by atoms with Gasteiger partial charge in [0.2, 0.25) is 0 Å². The van der Waals surface area contributed by atoms with Gasteiger partial charge in [0.25, 0.3) is 0 Å². The number of carboxylic acid groups (broad SMARTS) is 1. The Kier molecular flexibility index (Phi) is 4.64. The van der Waals surface area contributed by atoms with E-state index in [1.807, 2.05) is 0 Å². The Labute approximate surface area is 132 Å². The van der Waals surface area contributed by atoms with Crippen molar-refractivity contribution in [2.24, 2.45) is 0 Å². The summed E-state index contributed by atoms with van der Waals surface area (Å²) in [5.41, 5.74) is -0.703. The molecule has 1 fully saturated rings. The van der Waals surface area contributed by atoms with Gasteiger partial charge in [0.1, 0.15) is 5.54 Å². The fraction of sp³-hybridized carbons (Fsp3) is 0.429. The van der Waals surface area contributed by atoms with Gasteiger partial charge in [-0.2, -0.15) is 0 Å². The summed E-state index contributed by atoms with van der Waals surface area (Å²) in [6.45, 7) is 1.98. The molecule has 1 atom stereocenters. The summed E-state index contributed by atoms with van der Waals surface area (Å²) in [5.74, 6) is -0.994. The number of likely N-dealkylation sites (tertiary alicyclic amines) is 1. The minimum Gasteiger partial charge on any atom is -0.480 e. The molecular weight excluding hydrogens is 315 g/mol. The highest BCUT2D eigenvalue weighted by Crippen LogP contribution is 2.30. The Morgan fingerprint density at radius 3 is 2.62 bits per heavy atom. The predicted molar refractivity (Wildman–Crippen MR) is 82.1 cm³/mol. The average Bonchev–Trinajstić information content (AvgIpc) is 2.43. The molecule has 0 radical (unpaired) electrons. The minimum absolute atomic E-state index is 0.328. The number of nitrogens with one attached hydrogen (secondary N) is 1. The summed E-state index contributed by atoms with van der Waals surface area (Å²) in [4.78, 5) is 25.2. The lowest BCUT2D eigenvalue weighted by Gasteiger charge is -2.41. The van der Waals surface area contributed by atoms with Crippen molar-refractivity contribution in [1.29, 1.82) is 0 Å². The van der Waals surface area contributed by atoms with Gasteiger partial charge < -0.3 is 15.3 Å². The van der Waals surface area contributed by atoms with Crippen LogP contribution in [0.4, 0.5) is 10.5 Å². The standard InChI is InChI=1S/C14H16Cl2N2O3/c1-14(12(19)20)6-2-3-7-18(14)13(21)17-9-4-5-10(15)11(16)8-9/h4-5,8H,2-3,6-7H2,1H3,(H,17,21)(H,19,20). The van der Waals surface area contributed by atoms with E-state index < -0.39 is 17.5 Å². The van der Waals surface area contributed by atoms with Gasteiger partial charge >= 0.3 is 12.0 Å². The van der Waals surface area contributed by atoms with Crippen molar-refractivity contribution >= 4 is 40.9 Å². The van der Waals surface area contributed by atoms with Crippen molar-refractivity contribution in [3.8, 4) is 0 Å². The molecule has 7 heteroatoms. The van der Waals surface area contributed by atoms with Gasteiger partial charge in [-0.25, -0.2) is 9.59 Å². The van der Waals surface area contributed by atoms with Gasteiger partial charge in [0, 0.05) is 12.2 Å². The number of benzene rings is 1. The Morgan fingerprint density at radius 1 is 1.29 bits per heavy atom. The number of rotatable bonds is 2. The Balaban J connectivity index is 2.18. The quantitative estimate of drug-likeness (QED) is 0.865. The normalized spacial score (nSPS) is 22.0. The molecule has 0 bridgehead atoms. The van der Waals surface area contributed by atoms with Gasteiger partial charge in [0.05, 0.1) is 10.0 Å². The monoisotopic (exact) mass is 330 g/mol. The zero-order valence-corrected chi connectivity index (χ0v) is 13.0. The van der Waals surface area contributed by atoms with Crippen molar-refractivity contribution in [3.63, 3.8) is 0 Å². The van der Waals surface area contributed by atoms with Crippen LogP contribution in [0.5, 0.6) is 0 Å². The van der Waals surface area contributed by atoms with Crippen LogP contribution in [0.15, 0.2) is 18.2 Å². The molecule has 21 heavy (non-hydrogen) atoms. The highest BCUT2D eigenvalue weighted by atomic mass is 35.5. The van der Waals surface area contributed by atoms with Gasteiger partial charge in [-0.3, -0.25) is 0 Å². The Morgan fingerprint density at radius 2 is 2.00 bits per heavy atom. The maximum Gasteiger partial charge on any atom is 0.329 e. The molecule has 0 aromatic heterocycles. The third-order valence-electron chi connectivity index (χ3n) is 3.77.